The summed E-state index contributed by atoms with van der Waals surface area (Å²) in [5, 5.41) is 1.00. The summed E-state index contributed by atoms with van der Waals surface area (Å²) in [4.78, 5) is 19.7. The number of hydrogen-bond donors (Lipinski definition) is 0. The average molecular weight is 392 g/mol. The molecule has 0 spiro atoms. The highest BCUT2D eigenvalue weighted by atomic mass is 16.5. The highest BCUT2D eigenvalue weighted by Crippen LogP contribution is 2.44. The normalized spacial score (nSPS) is 29.4. The predicted molar refractivity (Wildman–Crippen MR) is 112 cm³/mol. The van der Waals surface area contributed by atoms with Crippen LogP contribution in [-0.4, -0.2) is 42.1 Å². The quantitative estimate of drug-likeness (QED) is 0.546. The van der Waals surface area contributed by atoms with Crippen LogP contribution in [0.25, 0.3) is 10.9 Å². The number of ether oxygens (including phenoxy) is 2. The maximum absolute atomic E-state index is 12.7. The van der Waals surface area contributed by atoms with Crippen molar-refractivity contribution in [2.75, 3.05) is 20.2 Å². The van der Waals surface area contributed by atoms with Crippen molar-refractivity contribution in [1.29, 1.82) is 0 Å². The van der Waals surface area contributed by atoms with Gasteiger partial charge in [-0.05, 0) is 68.3 Å². The smallest absolute Gasteiger partial charge is 0.309 e. The number of esters is 1. The second-order valence-corrected chi connectivity index (χ2v) is 8.66. The number of carbonyl (C=O) groups is 1. The van der Waals surface area contributed by atoms with Crippen molar-refractivity contribution in [2.24, 2.45) is 17.8 Å². The molecule has 2 bridgehead atoms. The van der Waals surface area contributed by atoms with Crippen molar-refractivity contribution < 1.29 is 14.3 Å². The van der Waals surface area contributed by atoms with E-state index >= 15 is 0 Å². The highest BCUT2D eigenvalue weighted by molar-refractivity contribution is 5.84. The molecule has 2 aromatic rings. The van der Waals surface area contributed by atoms with E-state index in [9.17, 15) is 4.79 Å². The molecule has 1 saturated carbocycles. The third-order valence-electron chi connectivity index (χ3n) is 6.95. The Morgan fingerprint density at radius 3 is 2.86 bits per heavy atom. The molecule has 4 aliphatic rings. The molecule has 1 unspecified atom stereocenters. The summed E-state index contributed by atoms with van der Waals surface area (Å²) in [7, 11) is 1.67. The molecule has 1 aromatic heterocycles. The van der Waals surface area contributed by atoms with Gasteiger partial charge in [-0.15, -0.1) is 6.58 Å². The van der Waals surface area contributed by atoms with Gasteiger partial charge in [-0.25, -0.2) is 0 Å². The Morgan fingerprint density at radius 1 is 1.31 bits per heavy atom. The Bertz CT molecular complexity index is 939. The van der Waals surface area contributed by atoms with Crippen LogP contribution < -0.4 is 4.74 Å². The van der Waals surface area contributed by atoms with Crippen molar-refractivity contribution in [3.05, 3.63) is 48.7 Å². The molecular formula is C24H28N2O3. The number of hydrogen-bond acceptors (Lipinski definition) is 5. The van der Waals surface area contributed by atoms with Crippen LogP contribution >= 0.6 is 0 Å². The Hall–Kier alpha value is -2.40. The van der Waals surface area contributed by atoms with Crippen molar-refractivity contribution in [1.82, 2.24) is 9.88 Å². The summed E-state index contributed by atoms with van der Waals surface area (Å²) < 4.78 is 11.7. The van der Waals surface area contributed by atoms with Crippen LogP contribution in [0.15, 0.2) is 43.1 Å². The average Bonchev–Trinajstić information content (AvgIpc) is 3.62. The fourth-order valence-corrected chi connectivity index (χ4v) is 5.10. The summed E-state index contributed by atoms with van der Waals surface area (Å²) >= 11 is 0. The second kappa shape index (κ2) is 7.45. The molecule has 5 atom stereocenters. The number of benzene rings is 1. The van der Waals surface area contributed by atoms with Crippen LogP contribution in [-0.2, 0) is 9.53 Å². The number of piperidine rings is 3. The van der Waals surface area contributed by atoms with E-state index in [4.69, 9.17) is 9.47 Å². The Balaban J connectivity index is 1.55. The summed E-state index contributed by atoms with van der Waals surface area (Å²) in [5.74, 6) is 1.97. The highest BCUT2D eigenvalue weighted by Gasteiger charge is 2.45. The molecule has 0 N–H and O–H groups in total. The van der Waals surface area contributed by atoms with E-state index in [0.29, 0.717) is 11.8 Å². The minimum atomic E-state index is -0.283. The molecule has 4 heterocycles. The molecule has 29 heavy (non-hydrogen) atoms. The largest absolute Gasteiger partial charge is 0.497 e. The Kier molecular flexibility index (Phi) is 4.78. The zero-order chi connectivity index (χ0) is 20.0. The van der Waals surface area contributed by atoms with Crippen LogP contribution in [0.3, 0.4) is 0 Å². The van der Waals surface area contributed by atoms with Gasteiger partial charge in [0.15, 0.2) is 0 Å². The summed E-state index contributed by atoms with van der Waals surface area (Å²) in [5.41, 5.74) is 1.94. The lowest BCUT2D eigenvalue weighted by Gasteiger charge is -2.51. The van der Waals surface area contributed by atoms with Gasteiger partial charge in [0.2, 0.25) is 0 Å². The van der Waals surface area contributed by atoms with E-state index in [1.165, 1.54) is 6.42 Å². The lowest BCUT2D eigenvalue weighted by molar-refractivity contribution is -0.158. The molecule has 3 saturated heterocycles. The molecule has 1 aromatic carbocycles. The van der Waals surface area contributed by atoms with Gasteiger partial charge in [0, 0.05) is 23.7 Å². The zero-order valence-corrected chi connectivity index (χ0v) is 16.9. The van der Waals surface area contributed by atoms with Crippen LogP contribution in [0.4, 0.5) is 0 Å². The van der Waals surface area contributed by atoms with Gasteiger partial charge in [0.1, 0.15) is 11.9 Å². The van der Waals surface area contributed by atoms with E-state index in [0.717, 1.165) is 54.6 Å². The topological polar surface area (TPSA) is 51.7 Å². The molecule has 152 valence electrons. The summed E-state index contributed by atoms with van der Waals surface area (Å²) in [6.45, 7) is 6.10. The predicted octanol–water partition coefficient (Wildman–Crippen LogP) is 4.13. The third kappa shape index (κ3) is 3.42. The minimum Gasteiger partial charge on any atom is -0.497 e. The SMILES string of the molecule is C=C[C@H]1CN2CC[C@H]1C[C@H]2[C@H](OC(=O)C1CC1)c1ccnc2ccc(OC)cc12. The number of pyridine rings is 1. The maximum atomic E-state index is 12.7. The van der Waals surface area contributed by atoms with Crippen LogP contribution in [0.1, 0.15) is 37.4 Å². The van der Waals surface area contributed by atoms with Gasteiger partial charge in [0.05, 0.1) is 24.6 Å². The van der Waals surface area contributed by atoms with Gasteiger partial charge in [0.25, 0.3) is 0 Å². The van der Waals surface area contributed by atoms with Crippen LogP contribution in [0.5, 0.6) is 5.75 Å². The fourth-order valence-electron chi connectivity index (χ4n) is 5.10. The maximum Gasteiger partial charge on any atom is 0.309 e. The van der Waals surface area contributed by atoms with Gasteiger partial charge in [-0.1, -0.05) is 6.08 Å². The number of rotatable bonds is 6. The first-order chi connectivity index (χ1) is 14.2. The van der Waals surface area contributed by atoms with Crippen molar-refractivity contribution in [2.45, 2.75) is 37.8 Å². The molecular weight excluding hydrogens is 364 g/mol. The standard InChI is InChI=1S/C24H28N2O3/c1-3-15-14-26-11-9-17(15)12-22(26)23(29-24(27)16-4-5-16)19-8-10-25-21-7-6-18(28-2)13-20(19)21/h3,6-8,10,13,15-17,22-23H,1,4-5,9,11-12,14H2,2H3/t15-,17-,22-,23+/m0/s1. The summed E-state index contributed by atoms with van der Waals surface area (Å²) in [6.07, 6.45) is 7.77. The molecule has 0 radical (unpaired) electrons. The first kappa shape index (κ1) is 18.6. The van der Waals surface area contributed by atoms with E-state index < -0.39 is 0 Å². The second-order valence-electron chi connectivity index (χ2n) is 8.66. The number of nitrogens with zero attached hydrogens (tertiary/aromatic N) is 2. The Morgan fingerprint density at radius 2 is 2.17 bits per heavy atom. The number of aromatic nitrogens is 1. The first-order valence-electron chi connectivity index (χ1n) is 10.7. The van der Waals surface area contributed by atoms with Crippen molar-refractivity contribution in [3.8, 4) is 5.75 Å². The molecule has 4 fully saturated rings. The Labute approximate surface area is 171 Å². The van der Waals surface area contributed by atoms with E-state index in [1.54, 1.807) is 7.11 Å². The van der Waals surface area contributed by atoms with E-state index in [-0.39, 0.29) is 24.0 Å². The van der Waals surface area contributed by atoms with Gasteiger partial charge >= 0.3 is 5.97 Å². The lowest BCUT2D eigenvalue weighted by Crippen LogP contribution is -2.55. The third-order valence-corrected chi connectivity index (χ3v) is 6.95. The molecule has 6 rings (SSSR count). The van der Waals surface area contributed by atoms with E-state index in [1.807, 2.05) is 30.5 Å². The van der Waals surface area contributed by atoms with Gasteiger partial charge in [-0.2, -0.15) is 0 Å². The van der Waals surface area contributed by atoms with Crippen LogP contribution in [0, 0.1) is 17.8 Å². The molecule has 5 nitrogen and oxygen atoms in total. The molecule has 3 aliphatic heterocycles. The number of fused-ring (bicyclic) bond motifs is 4. The number of carbonyl (C=O) groups excluding carboxylic acids is 1. The summed E-state index contributed by atoms with van der Waals surface area (Å²) in [6, 6.07) is 8.12. The first-order valence-corrected chi connectivity index (χ1v) is 10.7. The monoisotopic (exact) mass is 392 g/mol. The molecule has 1 aliphatic carbocycles. The molecule has 5 heteroatoms. The fraction of sp³-hybridized carbons (Fsp3) is 0.500. The number of methoxy groups -OCH3 is 1. The minimum absolute atomic E-state index is 0.0502. The van der Waals surface area contributed by atoms with Crippen molar-refractivity contribution in [3.63, 3.8) is 0 Å². The van der Waals surface area contributed by atoms with Crippen molar-refractivity contribution >= 4 is 16.9 Å². The van der Waals surface area contributed by atoms with E-state index in [2.05, 4.69) is 22.5 Å². The van der Waals surface area contributed by atoms with Gasteiger partial charge in [-0.3, -0.25) is 14.7 Å². The zero-order valence-electron chi connectivity index (χ0n) is 16.9. The van der Waals surface area contributed by atoms with Crippen LogP contribution in [0.2, 0.25) is 0 Å². The van der Waals surface area contributed by atoms with Gasteiger partial charge < -0.3 is 9.47 Å². The molecule has 0 amide bonds. The lowest BCUT2D eigenvalue weighted by atomic mass is 9.73.